The Balaban J connectivity index is 2.41. The number of anilines is 1. The summed E-state index contributed by atoms with van der Waals surface area (Å²) < 4.78 is 0. The van der Waals surface area contributed by atoms with Crippen LogP contribution in [0.4, 0.5) is 5.69 Å². The molecular formula is C11H15ClN2S. The number of nitrogens with zero attached hydrogens (tertiary/aromatic N) is 1. The molecule has 1 heterocycles. The molecule has 1 aliphatic heterocycles. The molecule has 0 aliphatic carbocycles. The van der Waals surface area contributed by atoms with E-state index in [1.165, 1.54) is 16.1 Å². The van der Waals surface area contributed by atoms with Crippen molar-refractivity contribution in [3.8, 4) is 0 Å². The van der Waals surface area contributed by atoms with Gasteiger partial charge in [-0.1, -0.05) is 11.6 Å². The molecule has 0 amide bonds. The van der Waals surface area contributed by atoms with Crippen LogP contribution in [0.25, 0.3) is 0 Å². The van der Waals surface area contributed by atoms with Crippen molar-refractivity contribution in [1.29, 1.82) is 0 Å². The first-order chi connectivity index (χ1) is 7.22. The molecule has 15 heavy (non-hydrogen) atoms. The molecule has 2 N–H and O–H groups in total. The molecule has 0 unspecified atom stereocenters. The number of benzene rings is 1. The van der Waals surface area contributed by atoms with Crippen molar-refractivity contribution in [2.45, 2.75) is 11.8 Å². The zero-order valence-corrected chi connectivity index (χ0v) is 10.4. The van der Waals surface area contributed by atoms with E-state index in [0.717, 1.165) is 23.9 Å². The van der Waals surface area contributed by atoms with Gasteiger partial charge in [0.1, 0.15) is 0 Å². The van der Waals surface area contributed by atoms with Crippen molar-refractivity contribution in [1.82, 2.24) is 0 Å². The van der Waals surface area contributed by atoms with E-state index in [1.54, 1.807) is 0 Å². The Labute approximate surface area is 99.8 Å². The van der Waals surface area contributed by atoms with Gasteiger partial charge in [-0.05, 0) is 24.6 Å². The minimum Gasteiger partial charge on any atom is -0.367 e. The van der Waals surface area contributed by atoms with Gasteiger partial charge in [-0.25, -0.2) is 0 Å². The van der Waals surface area contributed by atoms with Gasteiger partial charge in [-0.3, -0.25) is 0 Å². The zero-order chi connectivity index (χ0) is 10.8. The molecule has 0 radical (unpaired) electrons. The Morgan fingerprint density at radius 2 is 2.33 bits per heavy atom. The van der Waals surface area contributed by atoms with Gasteiger partial charge in [-0.2, -0.15) is 0 Å². The Kier molecular flexibility index (Phi) is 3.44. The van der Waals surface area contributed by atoms with Crippen LogP contribution in [0.5, 0.6) is 0 Å². The minimum absolute atomic E-state index is 0.675. The van der Waals surface area contributed by atoms with Crippen molar-refractivity contribution in [3.05, 3.63) is 22.7 Å². The van der Waals surface area contributed by atoms with E-state index in [0.29, 0.717) is 6.54 Å². The van der Waals surface area contributed by atoms with Crippen LogP contribution >= 0.6 is 23.4 Å². The topological polar surface area (TPSA) is 29.3 Å². The maximum atomic E-state index is 6.28. The van der Waals surface area contributed by atoms with Gasteiger partial charge in [0.25, 0.3) is 0 Å². The molecule has 1 aromatic rings. The molecule has 0 aromatic heterocycles. The number of fused-ring (bicyclic) bond motifs is 1. The molecule has 1 aliphatic rings. The molecule has 0 atom stereocenters. The molecule has 2 rings (SSSR count). The van der Waals surface area contributed by atoms with Gasteiger partial charge in [0.05, 0.1) is 10.7 Å². The van der Waals surface area contributed by atoms with Gasteiger partial charge < -0.3 is 10.6 Å². The number of aryl methyl sites for hydroxylation is 1. The molecule has 82 valence electrons. The predicted molar refractivity (Wildman–Crippen MR) is 68.2 cm³/mol. The summed E-state index contributed by atoms with van der Waals surface area (Å²) in [6.07, 6.45) is 0. The summed E-state index contributed by atoms with van der Waals surface area (Å²) in [4.78, 5) is 3.58. The molecule has 2 nitrogen and oxygen atoms in total. The zero-order valence-electron chi connectivity index (χ0n) is 8.79. The summed E-state index contributed by atoms with van der Waals surface area (Å²) in [7, 11) is 0. The average Bonchev–Trinajstić information content (AvgIpc) is 2.17. The number of hydrogen-bond acceptors (Lipinski definition) is 3. The van der Waals surface area contributed by atoms with Crippen LogP contribution in [-0.2, 0) is 0 Å². The summed E-state index contributed by atoms with van der Waals surface area (Å²) in [6.45, 7) is 4.68. The van der Waals surface area contributed by atoms with Gasteiger partial charge >= 0.3 is 0 Å². The van der Waals surface area contributed by atoms with E-state index in [1.807, 2.05) is 17.8 Å². The van der Waals surface area contributed by atoms with Gasteiger partial charge in [0.15, 0.2) is 0 Å². The second kappa shape index (κ2) is 4.64. The van der Waals surface area contributed by atoms with E-state index in [2.05, 4.69) is 17.9 Å². The van der Waals surface area contributed by atoms with Crippen molar-refractivity contribution >= 4 is 29.1 Å². The minimum atomic E-state index is 0.675. The van der Waals surface area contributed by atoms with Crippen molar-refractivity contribution in [2.75, 3.05) is 30.3 Å². The fraction of sp³-hybridized carbons (Fsp3) is 0.455. The highest BCUT2D eigenvalue weighted by Gasteiger charge is 2.19. The predicted octanol–water partition coefficient (Wildman–Crippen LogP) is 2.52. The highest BCUT2D eigenvalue weighted by molar-refractivity contribution is 7.99. The highest BCUT2D eigenvalue weighted by atomic mass is 35.5. The normalized spacial score (nSPS) is 15.3. The monoisotopic (exact) mass is 242 g/mol. The Morgan fingerprint density at radius 3 is 3.07 bits per heavy atom. The molecule has 1 aromatic carbocycles. The maximum absolute atomic E-state index is 6.28. The first-order valence-corrected chi connectivity index (χ1v) is 6.46. The standard InChI is InChI=1S/C11H15ClN2S/c1-8-6-9(12)11-10(7-8)15-5-4-14(11)3-2-13/h6-7H,2-5,13H2,1H3. The Hall–Kier alpha value is -0.380. The van der Waals surface area contributed by atoms with Crippen LogP contribution < -0.4 is 10.6 Å². The molecular weight excluding hydrogens is 228 g/mol. The van der Waals surface area contributed by atoms with E-state index in [4.69, 9.17) is 17.3 Å². The van der Waals surface area contributed by atoms with Gasteiger partial charge in [0, 0.05) is 30.3 Å². The fourth-order valence-corrected chi connectivity index (χ4v) is 3.50. The summed E-state index contributed by atoms with van der Waals surface area (Å²) in [5.74, 6) is 1.12. The smallest absolute Gasteiger partial charge is 0.0694 e. The van der Waals surface area contributed by atoms with Crippen molar-refractivity contribution in [3.63, 3.8) is 0 Å². The number of nitrogens with two attached hydrogens (primary N) is 1. The van der Waals surface area contributed by atoms with Crippen LogP contribution in [0.3, 0.4) is 0 Å². The van der Waals surface area contributed by atoms with Crippen molar-refractivity contribution < 1.29 is 0 Å². The lowest BCUT2D eigenvalue weighted by atomic mass is 10.2. The lowest BCUT2D eigenvalue weighted by Crippen LogP contribution is -2.34. The fourth-order valence-electron chi connectivity index (χ4n) is 1.88. The summed E-state index contributed by atoms with van der Waals surface area (Å²) in [5.41, 5.74) is 8.00. The van der Waals surface area contributed by atoms with E-state index in [-0.39, 0.29) is 0 Å². The Bertz CT molecular complexity index is 368. The first kappa shape index (κ1) is 11.1. The van der Waals surface area contributed by atoms with Crippen LogP contribution in [0, 0.1) is 6.92 Å². The lowest BCUT2D eigenvalue weighted by Gasteiger charge is -2.31. The third-order valence-corrected chi connectivity index (χ3v) is 3.80. The second-order valence-electron chi connectivity index (χ2n) is 3.72. The summed E-state index contributed by atoms with van der Waals surface area (Å²) in [5, 5.41) is 0.852. The van der Waals surface area contributed by atoms with Crippen LogP contribution in [-0.4, -0.2) is 25.4 Å². The summed E-state index contributed by atoms with van der Waals surface area (Å²) in [6, 6.07) is 4.23. The quantitative estimate of drug-likeness (QED) is 0.864. The number of thioether (sulfide) groups is 1. The van der Waals surface area contributed by atoms with Crippen LogP contribution in [0.15, 0.2) is 17.0 Å². The third-order valence-electron chi connectivity index (χ3n) is 2.51. The van der Waals surface area contributed by atoms with Crippen LogP contribution in [0.2, 0.25) is 5.02 Å². The maximum Gasteiger partial charge on any atom is 0.0694 e. The Morgan fingerprint density at radius 1 is 1.53 bits per heavy atom. The number of rotatable bonds is 2. The number of halogens is 1. The number of hydrogen-bond donors (Lipinski definition) is 1. The SMILES string of the molecule is Cc1cc(Cl)c2c(c1)SCCN2CCN. The first-order valence-electron chi connectivity index (χ1n) is 5.10. The molecule has 0 bridgehead atoms. The highest BCUT2D eigenvalue weighted by Crippen LogP contribution is 2.40. The van der Waals surface area contributed by atoms with E-state index in [9.17, 15) is 0 Å². The van der Waals surface area contributed by atoms with E-state index >= 15 is 0 Å². The van der Waals surface area contributed by atoms with Gasteiger partial charge in [0.2, 0.25) is 0 Å². The van der Waals surface area contributed by atoms with Crippen molar-refractivity contribution in [2.24, 2.45) is 5.73 Å². The summed E-state index contributed by atoms with van der Waals surface area (Å²) >= 11 is 8.16. The third kappa shape index (κ3) is 2.25. The average molecular weight is 243 g/mol. The largest absolute Gasteiger partial charge is 0.367 e. The molecule has 0 spiro atoms. The van der Waals surface area contributed by atoms with Gasteiger partial charge in [-0.15, -0.1) is 11.8 Å². The molecule has 4 heteroatoms. The second-order valence-corrected chi connectivity index (χ2v) is 5.26. The van der Waals surface area contributed by atoms with Crippen LogP contribution in [0.1, 0.15) is 5.56 Å². The molecule has 0 fully saturated rings. The van der Waals surface area contributed by atoms with E-state index < -0.39 is 0 Å². The molecule has 0 saturated carbocycles. The lowest BCUT2D eigenvalue weighted by molar-refractivity contribution is 0.804. The molecule has 0 saturated heterocycles.